The Kier molecular flexibility index (Phi) is 6.82. The van der Waals surface area contributed by atoms with Crippen LogP contribution in [0.3, 0.4) is 0 Å². The lowest BCUT2D eigenvalue weighted by Crippen LogP contribution is -2.19. The number of nitrogens with zero attached hydrogens (tertiary/aromatic N) is 2. The van der Waals surface area contributed by atoms with Gasteiger partial charge >= 0.3 is 6.03 Å². The van der Waals surface area contributed by atoms with Crippen molar-refractivity contribution in [3.63, 3.8) is 0 Å². The van der Waals surface area contributed by atoms with E-state index < -0.39 is 11.0 Å². The highest BCUT2D eigenvalue weighted by Gasteiger charge is 2.09. The van der Waals surface area contributed by atoms with E-state index >= 15 is 0 Å². The van der Waals surface area contributed by atoms with E-state index in [2.05, 4.69) is 20.8 Å². The molecule has 0 atom stereocenters. The quantitative estimate of drug-likeness (QED) is 0.263. The Bertz CT molecular complexity index is 1480. The maximum Gasteiger partial charge on any atom is 0.323 e. The molecular formula is C25H21N5O5. The number of non-ortho nitro benzene ring substituents is 1. The van der Waals surface area contributed by atoms with Crippen molar-refractivity contribution < 1.29 is 14.5 Å². The first kappa shape index (κ1) is 23.2. The number of hydrogen-bond donors (Lipinski definition) is 3. The number of benzene rings is 3. The van der Waals surface area contributed by atoms with Gasteiger partial charge in [-0.2, -0.15) is 5.10 Å². The van der Waals surface area contributed by atoms with Gasteiger partial charge in [-0.3, -0.25) is 14.9 Å². The van der Waals surface area contributed by atoms with Gasteiger partial charge in [0.05, 0.1) is 23.1 Å². The predicted octanol–water partition coefficient (Wildman–Crippen LogP) is 4.74. The van der Waals surface area contributed by atoms with Gasteiger partial charge in [-0.15, -0.1) is 0 Å². The normalized spacial score (nSPS) is 10.9. The summed E-state index contributed by atoms with van der Waals surface area (Å²) < 4.78 is 5.15. The van der Waals surface area contributed by atoms with E-state index in [1.54, 1.807) is 61.7 Å². The number of anilines is 2. The fourth-order valence-corrected chi connectivity index (χ4v) is 3.46. The highest BCUT2D eigenvalue weighted by molar-refractivity contribution is 6.01. The lowest BCUT2D eigenvalue weighted by molar-refractivity contribution is -0.384. The maximum atomic E-state index is 12.4. The molecule has 0 fully saturated rings. The number of urea groups is 1. The third-order valence-electron chi connectivity index (χ3n) is 5.18. The lowest BCUT2D eigenvalue weighted by Gasteiger charge is -2.10. The van der Waals surface area contributed by atoms with Gasteiger partial charge in [0.15, 0.2) is 0 Å². The summed E-state index contributed by atoms with van der Waals surface area (Å²) in [6.07, 6.45) is 4.10. The van der Waals surface area contributed by atoms with Gasteiger partial charge in [0.2, 0.25) is 0 Å². The molecule has 0 bridgehead atoms. The number of H-pyrrole nitrogens is 1. The monoisotopic (exact) mass is 471 g/mol. The van der Waals surface area contributed by atoms with E-state index in [0.29, 0.717) is 40.0 Å². The molecule has 2 amide bonds. The van der Waals surface area contributed by atoms with Crippen molar-refractivity contribution in [1.82, 2.24) is 10.2 Å². The number of aromatic amines is 1. The van der Waals surface area contributed by atoms with E-state index in [0.717, 1.165) is 5.56 Å². The van der Waals surface area contributed by atoms with Gasteiger partial charge < -0.3 is 15.4 Å². The number of carbonyl (C=O) groups is 1. The Hall–Kier alpha value is -4.99. The average molecular weight is 471 g/mol. The summed E-state index contributed by atoms with van der Waals surface area (Å²) in [5.74, 6) is 0.614. The van der Waals surface area contributed by atoms with Crippen LogP contribution in [0.1, 0.15) is 11.3 Å². The molecule has 1 heterocycles. The largest absolute Gasteiger partial charge is 0.497 e. The molecule has 3 N–H and O–H groups in total. The van der Waals surface area contributed by atoms with Crippen LogP contribution in [0.4, 0.5) is 21.9 Å². The highest BCUT2D eigenvalue weighted by atomic mass is 16.6. The zero-order valence-corrected chi connectivity index (χ0v) is 18.6. The zero-order valence-electron chi connectivity index (χ0n) is 18.6. The number of methoxy groups -OCH3 is 1. The molecule has 4 aromatic rings. The molecule has 0 aliphatic rings. The first-order valence-electron chi connectivity index (χ1n) is 10.6. The number of nitro groups is 1. The summed E-state index contributed by atoms with van der Waals surface area (Å²) in [7, 11) is 1.54. The van der Waals surface area contributed by atoms with Gasteiger partial charge in [0.25, 0.3) is 11.2 Å². The Morgan fingerprint density at radius 1 is 1.06 bits per heavy atom. The zero-order chi connectivity index (χ0) is 24.8. The molecule has 0 unspecified atom stereocenters. The minimum Gasteiger partial charge on any atom is -0.497 e. The molecule has 35 heavy (non-hydrogen) atoms. The minimum atomic E-state index is -0.464. The Labute approximate surface area is 199 Å². The first-order valence-corrected chi connectivity index (χ1v) is 10.6. The number of fused-ring (bicyclic) bond motifs is 1. The number of nitro benzene ring substituents is 1. The fourth-order valence-electron chi connectivity index (χ4n) is 3.46. The Balaban J connectivity index is 1.48. The minimum absolute atomic E-state index is 0.0250. The van der Waals surface area contributed by atoms with E-state index in [1.165, 1.54) is 12.1 Å². The van der Waals surface area contributed by atoms with Gasteiger partial charge in [-0.25, -0.2) is 9.89 Å². The standard InChI is InChI=1S/C25H21N5O5/c1-35-20-6-3-5-17(14-20)26-25(32)27-18-10-13-21-22(15-18)24(31)29-28-23(21)7-2-4-16-8-11-19(12-9-16)30(33)34/h2-6,8-15H,7H2,1H3,(H,29,31)(H2,26,27,32). The fraction of sp³-hybridized carbons (Fsp3) is 0.0800. The van der Waals surface area contributed by atoms with Crippen molar-refractivity contribution in [2.24, 2.45) is 0 Å². The smallest absolute Gasteiger partial charge is 0.323 e. The summed E-state index contributed by atoms with van der Waals surface area (Å²) in [5, 5.41) is 23.9. The van der Waals surface area contributed by atoms with Crippen molar-refractivity contribution in [2.75, 3.05) is 17.7 Å². The summed E-state index contributed by atoms with van der Waals surface area (Å²) in [6.45, 7) is 0. The van der Waals surface area contributed by atoms with Crippen molar-refractivity contribution in [3.05, 3.63) is 105 Å². The van der Waals surface area contributed by atoms with E-state index in [1.807, 2.05) is 12.2 Å². The molecule has 10 nitrogen and oxygen atoms in total. The van der Waals surface area contributed by atoms with Crippen LogP contribution in [-0.4, -0.2) is 28.3 Å². The molecule has 0 saturated carbocycles. The number of carbonyl (C=O) groups excluding carboxylic acids is 1. The number of amides is 2. The number of aromatic nitrogens is 2. The summed E-state index contributed by atoms with van der Waals surface area (Å²) in [5.41, 5.74) is 2.11. The Morgan fingerprint density at radius 3 is 2.51 bits per heavy atom. The average Bonchev–Trinajstić information content (AvgIpc) is 2.86. The number of rotatable bonds is 7. The number of ether oxygens (including phenoxy) is 1. The molecule has 10 heteroatoms. The first-order chi connectivity index (χ1) is 16.9. The highest BCUT2D eigenvalue weighted by Crippen LogP contribution is 2.21. The second-order valence-corrected chi connectivity index (χ2v) is 7.53. The van der Waals surface area contributed by atoms with E-state index in [9.17, 15) is 19.7 Å². The van der Waals surface area contributed by atoms with Gasteiger partial charge in [-0.05, 0) is 42.0 Å². The number of hydrogen-bond acceptors (Lipinski definition) is 6. The third-order valence-corrected chi connectivity index (χ3v) is 5.18. The van der Waals surface area contributed by atoms with E-state index in [4.69, 9.17) is 4.74 Å². The van der Waals surface area contributed by atoms with Crippen molar-refractivity contribution in [3.8, 4) is 5.75 Å². The van der Waals surface area contributed by atoms with Crippen LogP contribution in [0.5, 0.6) is 5.75 Å². The molecule has 3 aromatic carbocycles. The molecule has 176 valence electrons. The molecular weight excluding hydrogens is 450 g/mol. The van der Waals surface area contributed by atoms with Crippen LogP contribution in [0, 0.1) is 10.1 Å². The van der Waals surface area contributed by atoms with Gasteiger partial charge in [-0.1, -0.05) is 24.3 Å². The van der Waals surface area contributed by atoms with Crippen molar-refractivity contribution in [1.29, 1.82) is 0 Å². The van der Waals surface area contributed by atoms with Crippen molar-refractivity contribution in [2.45, 2.75) is 6.42 Å². The summed E-state index contributed by atoms with van der Waals surface area (Å²) in [4.78, 5) is 35.1. The second kappa shape index (κ2) is 10.3. The molecule has 0 saturated heterocycles. The SMILES string of the molecule is COc1cccc(NC(=O)Nc2ccc3c(CC=Cc4ccc([N+](=O)[O-])cc4)n[nH]c(=O)c3c2)c1. The molecule has 0 spiro atoms. The Morgan fingerprint density at radius 2 is 1.80 bits per heavy atom. The van der Waals surface area contributed by atoms with Crippen LogP contribution in [0.25, 0.3) is 16.8 Å². The van der Waals surface area contributed by atoms with Crippen LogP contribution in [0.15, 0.2) is 77.6 Å². The number of nitrogens with one attached hydrogen (secondary N) is 3. The molecule has 1 aromatic heterocycles. The predicted molar refractivity (Wildman–Crippen MR) is 134 cm³/mol. The van der Waals surface area contributed by atoms with E-state index in [-0.39, 0.29) is 11.2 Å². The van der Waals surface area contributed by atoms with Gasteiger partial charge in [0.1, 0.15) is 5.75 Å². The van der Waals surface area contributed by atoms with Crippen molar-refractivity contribution >= 4 is 39.9 Å². The molecule has 0 aliphatic heterocycles. The van der Waals surface area contributed by atoms with Gasteiger partial charge in [0, 0.05) is 41.4 Å². The van der Waals surface area contributed by atoms with Crippen LogP contribution in [0.2, 0.25) is 0 Å². The third kappa shape index (κ3) is 5.69. The summed E-state index contributed by atoms with van der Waals surface area (Å²) >= 11 is 0. The summed E-state index contributed by atoms with van der Waals surface area (Å²) in [6, 6.07) is 17.7. The van der Waals surface area contributed by atoms with Crippen LogP contribution in [-0.2, 0) is 6.42 Å². The lowest BCUT2D eigenvalue weighted by atomic mass is 10.1. The topological polar surface area (TPSA) is 139 Å². The molecule has 4 rings (SSSR count). The maximum absolute atomic E-state index is 12.4. The molecule has 0 radical (unpaired) electrons. The van der Waals surface area contributed by atoms with Crippen LogP contribution < -0.4 is 20.9 Å². The molecule has 0 aliphatic carbocycles. The van der Waals surface area contributed by atoms with Crippen LogP contribution >= 0.6 is 0 Å². The number of allylic oxidation sites excluding steroid dienone is 1. The second-order valence-electron chi connectivity index (χ2n) is 7.53.